The lowest BCUT2D eigenvalue weighted by Gasteiger charge is -2.07. The normalized spacial score (nSPS) is 10.2. The van der Waals surface area contributed by atoms with E-state index in [1.807, 2.05) is 0 Å². The van der Waals surface area contributed by atoms with Crippen LogP contribution in [0.25, 0.3) is 0 Å². The number of benzene rings is 1. The van der Waals surface area contributed by atoms with Crippen molar-refractivity contribution in [2.75, 3.05) is 0 Å². The number of aliphatic hydroxyl groups is 1. The van der Waals surface area contributed by atoms with Gasteiger partial charge < -0.3 is 10.4 Å². The summed E-state index contributed by atoms with van der Waals surface area (Å²) in [6.45, 7) is -0.1000. The third kappa shape index (κ3) is 3.35. The number of pyridine rings is 1. The fraction of sp³-hybridized carbons (Fsp3) is 0.143. The van der Waals surface area contributed by atoms with Crippen LogP contribution in [0.15, 0.2) is 42.7 Å². The Balaban J connectivity index is 2.01. The largest absolute Gasteiger partial charge is 0.392 e. The van der Waals surface area contributed by atoms with E-state index in [-0.39, 0.29) is 24.6 Å². The van der Waals surface area contributed by atoms with Crippen molar-refractivity contribution < 1.29 is 14.3 Å². The molecule has 0 radical (unpaired) electrons. The predicted octanol–water partition coefficient (Wildman–Crippen LogP) is 1.64. The highest BCUT2D eigenvalue weighted by molar-refractivity contribution is 5.93. The van der Waals surface area contributed by atoms with Gasteiger partial charge in [-0.3, -0.25) is 9.78 Å². The molecule has 2 N–H and O–H groups in total. The second kappa shape index (κ2) is 6.06. The van der Waals surface area contributed by atoms with Gasteiger partial charge in [-0.2, -0.15) is 0 Å². The standard InChI is InChI=1S/C14H13FN2O2/c15-13-4-3-10(6-12(13)9-18)7-17-14(19)11-2-1-5-16-8-11/h1-6,8,18H,7,9H2,(H,17,19). The first-order chi connectivity index (χ1) is 9.20. The molecule has 5 heteroatoms. The van der Waals surface area contributed by atoms with Gasteiger partial charge in [0.1, 0.15) is 5.82 Å². The molecule has 1 aromatic carbocycles. The Morgan fingerprint density at radius 1 is 1.37 bits per heavy atom. The van der Waals surface area contributed by atoms with Crippen molar-refractivity contribution in [1.29, 1.82) is 0 Å². The number of aliphatic hydroxyl groups excluding tert-OH is 1. The number of rotatable bonds is 4. The van der Waals surface area contributed by atoms with Crippen molar-refractivity contribution in [3.63, 3.8) is 0 Å². The van der Waals surface area contributed by atoms with Crippen molar-refractivity contribution >= 4 is 5.91 Å². The van der Waals surface area contributed by atoms with E-state index >= 15 is 0 Å². The zero-order valence-electron chi connectivity index (χ0n) is 10.1. The van der Waals surface area contributed by atoms with E-state index in [1.54, 1.807) is 24.4 Å². The molecule has 1 aromatic heterocycles. The highest BCUT2D eigenvalue weighted by Crippen LogP contribution is 2.10. The second-order valence-electron chi connectivity index (χ2n) is 4.01. The van der Waals surface area contributed by atoms with Gasteiger partial charge >= 0.3 is 0 Å². The topological polar surface area (TPSA) is 62.2 Å². The Morgan fingerprint density at radius 3 is 2.89 bits per heavy atom. The van der Waals surface area contributed by atoms with Crippen LogP contribution in [0.1, 0.15) is 21.5 Å². The van der Waals surface area contributed by atoms with Crippen LogP contribution >= 0.6 is 0 Å². The van der Waals surface area contributed by atoms with E-state index in [2.05, 4.69) is 10.3 Å². The van der Waals surface area contributed by atoms with Gasteiger partial charge in [0.05, 0.1) is 12.2 Å². The average molecular weight is 260 g/mol. The van der Waals surface area contributed by atoms with Crippen LogP contribution in [-0.2, 0) is 13.2 Å². The molecular formula is C14H13FN2O2. The third-order valence-electron chi connectivity index (χ3n) is 2.66. The number of hydrogen-bond donors (Lipinski definition) is 2. The lowest BCUT2D eigenvalue weighted by atomic mass is 10.1. The monoisotopic (exact) mass is 260 g/mol. The first-order valence-corrected chi connectivity index (χ1v) is 5.77. The second-order valence-corrected chi connectivity index (χ2v) is 4.01. The molecule has 19 heavy (non-hydrogen) atoms. The summed E-state index contributed by atoms with van der Waals surface area (Å²) in [6.07, 6.45) is 3.06. The molecule has 1 amide bonds. The number of aromatic nitrogens is 1. The molecule has 0 saturated heterocycles. The molecule has 0 aliphatic rings. The average Bonchev–Trinajstić information content (AvgIpc) is 2.47. The van der Waals surface area contributed by atoms with Crippen molar-refractivity contribution in [3.8, 4) is 0 Å². The summed E-state index contributed by atoms with van der Waals surface area (Å²) in [5.74, 6) is -0.701. The van der Waals surface area contributed by atoms with Crippen LogP contribution < -0.4 is 5.32 Å². The zero-order chi connectivity index (χ0) is 13.7. The molecular weight excluding hydrogens is 247 g/mol. The summed E-state index contributed by atoms with van der Waals surface area (Å²) in [4.78, 5) is 15.6. The first kappa shape index (κ1) is 13.2. The molecule has 1 heterocycles. The van der Waals surface area contributed by atoms with E-state index in [9.17, 15) is 9.18 Å². The molecule has 0 aliphatic carbocycles. The number of nitrogens with one attached hydrogen (secondary N) is 1. The quantitative estimate of drug-likeness (QED) is 0.878. The molecule has 0 aliphatic heterocycles. The number of carbonyl (C=O) groups excluding carboxylic acids is 1. The Labute approximate surface area is 109 Å². The van der Waals surface area contributed by atoms with Crippen LogP contribution in [0.2, 0.25) is 0 Å². The van der Waals surface area contributed by atoms with Crippen LogP contribution in [0, 0.1) is 5.82 Å². The minimum absolute atomic E-state index is 0.216. The van der Waals surface area contributed by atoms with Gasteiger partial charge in [0.15, 0.2) is 0 Å². The van der Waals surface area contributed by atoms with Crippen molar-refractivity contribution in [2.45, 2.75) is 13.2 Å². The van der Waals surface area contributed by atoms with Gasteiger partial charge in [-0.15, -0.1) is 0 Å². The van der Waals surface area contributed by atoms with E-state index in [0.29, 0.717) is 5.56 Å². The minimum atomic E-state index is -0.454. The molecule has 4 nitrogen and oxygen atoms in total. The van der Waals surface area contributed by atoms with Gasteiger partial charge in [0.2, 0.25) is 0 Å². The number of amides is 1. The molecule has 0 fully saturated rings. The molecule has 2 rings (SSSR count). The Morgan fingerprint density at radius 2 is 2.21 bits per heavy atom. The van der Waals surface area contributed by atoms with Crippen LogP contribution in [0.5, 0.6) is 0 Å². The third-order valence-corrected chi connectivity index (χ3v) is 2.66. The Bertz CT molecular complexity index is 573. The lowest BCUT2D eigenvalue weighted by Crippen LogP contribution is -2.22. The summed E-state index contributed by atoms with van der Waals surface area (Å²) in [5.41, 5.74) is 1.41. The van der Waals surface area contributed by atoms with Gasteiger partial charge in [0.25, 0.3) is 5.91 Å². The maximum Gasteiger partial charge on any atom is 0.253 e. The lowest BCUT2D eigenvalue weighted by molar-refractivity contribution is 0.0950. The molecule has 0 spiro atoms. The Kier molecular flexibility index (Phi) is 4.20. The van der Waals surface area contributed by atoms with Crippen molar-refractivity contribution in [3.05, 3.63) is 65.2 Å². The van der Waals surface area contributed by atoms with Gasteiger partial charge in [-0.25, -0.2) is 4.39 Å². The number of nitrogens with zero attached hydrogens (tertiary/aromatic N) is 1. The van der Waals surface area contributed by atoms with Gasteiger partial charge in [-0.1, -0.05) is 6.07 Å². The van der Waals surface area contributed by atoms with Crippen LogP contribution in [0.4, 0.5) is 4.39 Å². The van der Waals surface area contributed by atoms with Gasteiger partial charge in [0, 0.05) is 24.5 Å². The van der Waals surface area contributed by atoms with E-state index in [1.165, 1.54) is 18.3 Å². The van der Waals surface area contributed by atoms with Crippen LogP contribution in [0.3, 0.4) is 0 Å². The summed E-state index contributed by atoms with van der Waals surface area (Å²) in [5, 5.41) is 11.7. The smallest absolute Gasteiger partial charge is 0.253 e. The molecule has 0 unspecified atom stereocenters. The zero-order valence-corrected chi connectivity index (χ0v) is 10.1. The van der Waals surface area contributed by atoms with Crippen molar-refractivity contribution in [1.82, 2.24) is 10.3 Å². The highest BCUT2D eigenvalue weighted by atomic mass is 19.1. The van der Waals surface area contributed by atoms with E-state index < -0.39 is 5.82 Å². The maximum atomic E-state index is 13.2. The highest BCUT2D eigenvalue weighted by Gasteiger charge is 2.06. The molecule has 2 aromatic rings. The summed E-state index contributed by atoms with van der Waals surface area (Å²) < 4.78 is 13.2. The summed E-state index contributed by atoms with van der Waals surface area (Å²) >= 11 is 0. The Hall–Kier alpha value is -2.27. The van der Waals surface area contributed by atoms with Gasteiger partial charge in [-0.05, 0) is 29.8 Å². The molecule has 98 valence electrons. The molecule has 0 atom stereocenters. The van der Waals surface area contributed by atoms with E-state index in [4.69, 9.17) is 5.11 Å². The first-order valence-electron chi connectivity index (χ1n) is 5.77. The molecule has 0 bridgehead atoms. The molecule has 0 saturated carbocycles. The number of carbonyl (C=O) groups is 1. The summed E-state index contributed by atoms with van der Waals surface area (Å²) in [6, 6.07) is 7.71. The van der Waals surface area contributed by atoms with Crippen molar-refractivity contribution in [2.24, 2.45) is 0 Å². The summed E-state index contributed by atoms with van der Waals surface area (Å²) in [7, 11) is 0. The SMILES string of the molecule is O=C(NCc1ccc(F)c(CO)c1)c1cccnc1. The number of hydrogen-bond acceptors (Lipinski definition) is 3. The minimum Gasteiger partial charge on any atom is -0.392 e. The van der Waals surface area contributed by atoms with E-state index in [0.717, 1.165) is 5.56 Å². The predicted molar refractivity (Wildman–Crippen MR) is 67.7 cm³/mol. The fourth-order valence-electron chi connectivity index (χ4n) is 1.64. The maximum absolute atomic E-state index is 13.2. The number of halogens is 1. The fourth-order valence-corrected chi connectivity index (χ4v) is 1.64. The van der Waals surface area contributed by atoms with Crippen LogP contribution in [-0.4, -0.2) is 16.0 Å².